The van der Waals surface area contributed by atoms with Gasteiger partial charge < -0.3 is 5.73 Å². The molecule has 0 spiro atoms. The van der Waals surface area contributed by atoms with Gasteiger partial charge in [-0.2, -0.15) is 5.10 Å². The van der Waals surface area contributed by atoms with Crippen LogP contribution in [-0.2, 0) is 13.5 Å². The smallest absolute Gasteiger partial charge is 0.123 e. The maximum atomic E-state index is 13.4. The lowest BCUT2D eigenvalue weighted by atomic mass is 10.0. The predicted octanol–water partition coefficient (Wildman–Crippen LogP) is 2.48. The molecule has 2 aromatic rings. The van der Waals surface area contributed by atoms with Gasteiger partial charge in [0.2, 0.25) is 0 Å². The number of hydrogen-bond acceptors (Lipinski definition) is 2. The van der Waals surface area contributed by atoms with Crippen molar-refractivity contribution in [1.29, 1.82) is 0 Å². The van der Waals surface area contributed by atoms with Crippen LogP contribution in [0.25, 0.3) is 0 Å². The summed E-state index contributed by atoms with van der Waals surface area (Å²) in [7, 11) is 1.86. The highest BCUT2D eigenvalue weighted by atomic mass is 19.1. The molecular weight excluding hydrogens is 229 g/mol. The van der Waals surface area contributed by atoms with Gasteiger partial charge >= 0.3 is 0 Å². The van der Waals surface area contributed by atoms with Crippen molar-refractivity contribution in [2.24, 2.45) is 12.8 Å². The molecule has 4 heteroatoms. The van der Waals surface area contributed by atoms with Gasteiger partial charge in [-0.05, 0) is 42.7 Å². The average molecular weight is 247 g/mol. The maximum absolute atomic E-state index is 13.4. The summed E-state index contributed by atoms with van der Waals surface area (Å²) in [6, 6.07) is 6.52. The van der Waals surface area contributed by atoms with E-state index in [2.05, 4.69) is 5.10 Å². The third-order valence-corrected chi connectivity index (χ3v) is 3.07. The molecule has 1 atom stereocenters. The fraction of sp³-hybridized carbons (Fsp3) is 0.357. The molecule has 0 aliphatic carbocycles. The molecule has 0 aliphatic heterocycles. The van der Waals surface area contributed by atoms with Gasteiger partial charge in [0.25, 0.3) is 0 Å². The molecule has 1 heterocycles. The number of aromatic nitrogens is 2. The minimum atomic E-state index is -0.350. The van der Waals surface area contributed by atoms with Crippen molar-refractivity contribution in [2.45, 2.75) is 26.3 Å². The molecule has 1 aromatic heterocycles. The predicted molar refractivity (Wildman–Crippen MR) is 69.8 cm³/mol. The van der Waals surface area contributed by atoms with Gasteiger partial charge in [-0.15, -0.1) is 0 Å². The molecule has 0 fully saturated rings. The van der Waals surface area contributed by atoms with Crippen molar-refractivity contribution in [3.63, 3.8) is 0 Å². The molecule has 18 heavy (non-hydrogen) atoms. The third-order valence-electron chi connectivity index (χ3n) is 3.07. The van der Waals surface area contributed by atoms with E-state index in [1.165, 1.54) is 12.1 Å². The van der Waals surface area contributed by atoms with Crippen LogP contribution in [0.3, 0.4) is 0 Å². The summed E-state index contributed by atoms with van der Waals surface area (Å²) >= 11 is 0. The van der Waals surface area contributed by atoms with Crippen LogP contribution < -0.4 is 5.73 Å². The van der Waals surface area contributed by atoms with Crippen LogP contribution in [0.1, 0.15) is 35.5 Å². The molecule has 0 saturated heterocycles. The highest BCUT2D eigenvalue weighted by Crippen LogP contribution is 2.22. The molecule has 1 unspecified atom stereocenters. The Balaban J connectivity index is 2.40. The van der Waals surface area contributed by atoms with Crippen LogP contribution in [0.5, 0.6) is 0 Å². The summed E-state index contributed by atoms with van der Waals surface area (Å²) < 4.78 is 15.2. The van der Waals surface area contributed by atoms with E-state index < -0.39 is 0 Å². The Morgan fingerprint density at radius 3 is 2.61 bits per heavy atom. The highest BCUT2D eigenvalue weighted by molar-refractivity contribution is 5.32. The lowest BCUT2D eigenvalue weighted by Gasteiger charge is -2.13. The standard InChI is InChI=1S/C14H18FN3/c1-4-12-8-13(18(3)17-12)14(16)10-5-9(2)6-11(15)7-10/h5-8,14H,4,16H2,1-3H3. The zero-order chi connectivity index (χ0) is 13.3. The Morgan fingerprint density at radius 1 is 1.33 bits per heavy atom. The number of halogens is 1. The summed E-state index contributed by atoms with van der Waals surface area (Å²) in [5.41, 5.74) is 9.74. The van der Waals surface area contributed by atoms with E-state index >= 15 is 0 Å². The third kappa shape index (κ3) is 2.43. The van der Waals surface area contributed by atoms with Crippen molar-refractivity contribution in [3.8, 4) is 0 Å². The van der Waals surface area contributed by atoms with E-state index in [9.17, 15) is 4.39 Å². The lowest BCUT2D eigenvalue weighted by Crippen LogP contribution is -2.16. The summed E-state index contributed by atoms with van der Waals surface area (Å²) in [5, 5.41) is 4.36. The van der Waals surface area contributed by atoms with E-state index in [1.54, 1.807) is 4.68 Å². The first-order chi connectivity index (χ1) is 8.51. The minimum absolute atomic E-state index is 0.252. The van der Waals surface area contributed by atoms with E-state index in [0.29, 0.717) is 0 Å². The topological polar surface area (TPSA) is 43.8 Å². The van der Waals surface area contributed by atoms with Crippen LogP contribution in [0, 0.1) is 12.7 Å². The van der Waals surface area contributed by atoms with Crippen LogP contribution in [-0.4, -0.2) is 9.78 Å². The second-order valence-corrected chi connectivity index (χ2v) is 4.58. The molecule has 0 amide bonds. The second-order valence-electron chi connectivity index (χ2n) is 4.58. The van der Waals surface area contributed by atoms with Crippen molar-refractivity contribution < 1.29 is 4.39 Å². The Labute approximate surface area is 106 Å². The molecule has 2 rings (SSSR count). The average Bonchev–Trinajstić information content (AvgIpc) is 2.68. The molecule has 1 aromatic carbocycles. The number of hydrogen-bond donors (Lipinski definition) is 1. The van der Waals surface area contributed by atoms with Crippen LogP contribution in [0.15, 0.2) is 24.3 Å². The normalized spacial score (nSPS) is 12.7. The maximum Gasteiger partial charge on any atom is 0.123 e. The monoisotopic (exact) mass is 247 g/mol. The number of rotatable bonds is 3. The molecule has 96 valence electrons. The van der Waals surface area contributed by atoms with Gasteiger partial charge in [0.15, 0.2) is 0 Å². The molecule has 0 saturated carbocycles. The molecule has 2 N–H and O–H groups in total. The van der Waals surface area contributed by atoms with Gasteiger partial charge in [0, 0.05) is 7.05 Å². The van der Waals surface area contributed by atoms with Crippen LogP contribution in [0.2, 0.25) is 0 Å². The van der Waals surface area contributed by atoms with Gasteiger partial charge in [-0.25, -0.2) is 4.39 Å². The Kier molecular flexibility index (Phi) is 3.48. The Bertz CT molecular complexity index is 540. The minimum Gasteiger partial charge on any atom is -0.319 e. The second kappa shape index (κ2) is 4.90. The zero-order valence-corrected chi connectivity index (χ0v) is 10.9. The van der Waals surface area contributed by atoms with Gasteiger partial charge in [-0.1, -0.05) is 13.0 Å². The number of nitrogens with two attached hydrogens (primary N) is 1. The first-order valence-corrected chi connectivity index (χ1v) is 6.06. The first-order valence-electron chi connectivity index (χ1n) is 6.06. The fourth-order valence-corrected chi connectivity index (χ4v) is 2.12. The lowest BCUT2D eigenvalue weighted by molar-refractivity contribution is 0.617. The quantitative estimate of drug-likeness (QED) is 0.905. The summed E-state index contributed by atoms with van der Waals surface area (Å²) in [6.45, 7) is 3.91. The molecule has 0 radical (unpaired) electrons. The molecule has 0 aliphatic rings. The van der Waals surface area contributed by atoms with E-state index in [1.807, 2.05) is 33.0 Å². The van der Waals surface area contributed by atoms with E-state index in [0.717, 1.165) is 28.9 Å². The number of nitrogens with zero attached hydrogens (tertiary/aromatic N) is 2. The SMILES string of the molecule is CCc1cc(C(N)c2cc(C)cc(F)c2)n(C)n1. The fourth-order valence-electron chi connectivity index (χ4n) is 2.12. The van der Waals surface area contributed by atoms with Gasteiger partial charge in [-0.3, -0.25) is 4.68 Å². The van der Waals surface area contributed by atoms with Gasteiger partial charge in [0.05, 0.1) is 17.4 Å². The molecule has 0 bridgehead atoms. The summed E-state index contributed by atoms with van der Waals surface area (Å²) in [5.74, 6) is -0.252. The molecule has 3 nitrogen and oxygen atoms in total. The van der Waals surface area contributed by atoms with Crippen molar-refractivity contribution >= 4 is 0 Å². The summed E-state index contributed by atoms with van der Waals surface area (Å²) in [6.07, 6.45) is 0.864. The Morgan fingerprint density at radius 2 is 2.06 bits per heavy atom. The van der Waals surface area contributed by atoms with E-state index in [-0.39, 0.29) is 11.9 Å². The highest BCUT2D eigenvalue weighted by Gasteiger charge is 2.15. The van der Waals surface area contributed by atoms with Gasteiger partial charge in [0.1, 0.15) is 5.82 Å². The van der Waals surface area contributed by atoms with Crippen molar-refractivity contribution in [1.82, 2.24) is 9.78 Å². The summed E-state index contributed by atoms with van der Waals surface area (Å²) in [4.78, 5) is 0. The first kappa shape index (κ1) is 12.8. The zero-order valence-electron chi connectivity index (χ0n) is 10.9. The van der Waals surface area contributed by atoms with Crippen molar-refractivity contribution in [2.75, 3.05) is 0 Å². The Hall–Kier alpha value is -1.68. The molecular formula is C14H18FN3. The van der Waals surface area contributed by atoms with Crippen LogP contribution in [0.4, 0.5) is 4.39 Å². The van der Waals surface area contributed by atoms with Crippen molar-refractivity contribution in [3.05, 3.63) is 52.6 Å². The largest absolute Gasteiger partial charge is 0.319 e. The number of benzene rings is 1. The van der Waals surface area contributed by atoms with Crippen LogP contribution >= 0.6 is 0 Å². The van der Waals surface area contributed by atoms with E-state index in [4.69, 9.17) is 5.73 Å². The number of aryl methyl sites for hydroxylation is 3.